The average molecular weight is 473 g/mol. The molecule has 1 aromatic carbocycles. The molecule has 0 saturated heterocycles. The number of carbonyl (C=O) groups is 1. The molecule has 0 spiro atoms. The van der Waals surface area contributed by atoms with Crippen molar-refractivity contribution < 1.29 is 4.79 Å². The lowest BCUT2D eigenvalue weighted by Gasteiger charge is -2.15. The molecule has 0 atom stereocenters. The van der Waals surface area contributed by atoms with E-state index in [0.29, 0.717) is 13.0 Å². The number of pyridine rings is 1. The molecule has 4 aromatic rings. The lowest BCUT2D eigenvalue weighted by atomic mass is 9.95. The number of likely N-dealkylation sites (N-methyl/N-ethyl adjacent to an activating group) is 1. The molecule has 0 fully saturated rings. The quantitative estimate of drug-likeness (QED) is 0.399. The first kappa shape index (κ1) is 22.4. The Hall–Kier alpha value is -3.36. The zero-order valence-electron chi connectivity index (χ0n) is 19.7. The largest absolute Gasteiger partial charge is 0.370 e. The second-order valence-electron chi connectivity index (χ2n) is 8.47. The van der Waals surface area contributed by atoms with Gasteiger partial charge in [0.25, 0.3) is 0 Å². The van der Waals surface area contributed by atoms with E-state index in [2.05, 4.69) is 52.3 Å². The van der Waals surface area contributed by atoms with Crippen LogP contribution in [0, 0.1) is 6.92 Å². The second kappa shape index (κ2) is 9.48. The van der Waals surface area contributed by atoms with Gasteiger partial charge in [0, 0.05) is 23.9 Å². The van der Waals surface area contributed by atoms with Gasteiger partial charge in [-0.05, 0) is 57.5 Å². The Morgan fingerprint density at radius 1 is 1.18 bits per heavy atom. The van der Waals surface area contributed by atoms with Crippen LogP contribution >= 0.6 is 11.3 Å². The molecule has 1 aliphatic rings. The van der Waals surface area contributed by atoms with Gasteiger partial charge in [-0.25, -0.2) is 14.6 Å². The molecule has 7 nitrogen and oxygen atoms in total. The number of para-hydroxylation sites is 1. The van der Waals surface area contributed by atoms with E-state index < -0.39 is 0 Å². The van der Waals surface area contributed by atoms with Crippen molar-refractivity contribution in [1.82, 2.24) is 25.1 Å². The van der Waals surface area contributed by atoms with Crippen molar-refractivity contribution in [2.24, 2.45) is 0 Å². The summed E-state index contributed by atoms with van der Waals surface area (Å²) in [4.78, 5) is 22.8. The standard InChI is InChI=1S/C26H28N6OS/c1-4-28-22-12-9-17(14-29-22)24-19-10-11-20-26(34-23(30-20)13-18(33)15-27-3)25(19)32(31-24)21-8-6-5-7-16(21)2/h5-9,12,14,27H,4,10-11,13,15H2,1-3H3,(H,28,29). The van der Waals surface area contributed by atoms with Crippen molar-refractivity contribution in [1.29, 1.82) is 0 Å². The number of nitrogens with zero attached hydrogens (tertiary/aromatic N) is 4. The van der Waals surface area contributed by atoms with Crippen LogP contribution in [-0.2, 0) is 24.1 Å². The first-order valence-electron chi connectivity index (χ1n) is 11.6. The molecular weight excluding hydrogens is 444 g/mol. The van der Waals surface area contributed by atoms with Gasteiger partial charge in [0.15, 0.2) is 5.78 Å². The molecule has 0 unspecified atom stereocenters. The fourth-order valence-electron chi connectivity index (χ4n) is 4.45. The summed E-state index contributed by atoms with van der Waals surface area (Å²) in [5.74, 6) is 1.01. The number of rotatable bonds is 8. The number of aryl methyl sites for hydroxylation is 2. The SMILES string of the molecule is CCNc1ccc(-c2nn(-c3ccccc3C)c3c2CCc2nc(CC(=O)CNC)sc2-3)cn1. The van der Waals surface area contributed by atoms with Gasteiger partial charge in [0.1, 0.15) is 10.8 Å². The van der Waals surface area contributed by atoms with Gasteiger partial charge in [-0.2, -0.15) is 5.10 Å². The van der Waals surface area contributed by atoms with E-state index in [0.717, 1.165) is 69.0 Å². The Balaban J connectivity index is 1.65. The number of hydrogen-bond donors (Lipinski definition) is 2. The molecule has 8 heteroatoms. The van der Waals surface area contributed by atoms with Crippen molar-refractivity contribution >= 4 is 22.9 Å². The number of thiazole rings is 1. The number of hydrogen-bond acceptors (Lipinski definition) is 7. The van der Waals surface area contributed by atoms with Crippen molar-refractivity contribution in [2.75, 3.05) is 25.5 Å². The Labute approximate surface area is 203 Å². The van der Waals surface area contributed by atoms with Crippen molar-refractivity contribution in [3.05, 3.63) is 64.4 Å². The minimum Gasteiger partial charge on any atom is -0.370 e. The van der Waals surface area contributed by atoms with Crippen LogP contribution in [0.1, 0.15) is 28.8 Å². The third-order valence-electron chi connectivity index (χ3n) is 6.01. The fraction of sp³-hybridized carbons (Fsp3) is 0.308. The van der Waals surface area contributed by atoms with Crippen LogP contribution in [0.25, 0.3) is 27.5 Å². The third-order valence-corrected chi connectivity index (χ3v) is 7.12. The Kier molecular flexibility index (Phi) is 6.26. The maximum absolute atomic E-state index is 12.2. The second-order valence-corrected chi connectivity index (χ2v) is 9.55. The molecule has 0 radical (unpaired) electrons. The molecular formula is C26H28N6OS. The summed E-state index contributed by atoms with van der Waals surface area (Å²) >= 11 is 1.62. The Morgan fingerprint density at radius 3 is 2.76 bits per heavy atom. The highest BCUT2D eigenvalue weighted by atomic mass is 32.1. The zero-order valence-corrected chi connectivity index (χ0v) is 20.5. The van der Waals surface area contributed by atoms with Crippen LogP contribution in [0.5, 0.6) is 0 Å². The highest BCUT2D eigenvalue weighted by molar-refractivity contribution is 7.15. The van der Waals surface area contributed by atoms with Gasteiger partial charge >= 0.3 is 0 Å². The minimum atomic E-state index is 0.147. The van der Waals surface area contributed by atoms with Crippen molar-refractivity contribution in [2.45, 2.75) is 33.1 Å². The summed E-state index contributed by atoms with van der Waals surface area (Å²) in [5.41, 5.74) is 7.53. The van der Waals surface area contributed by atoms with E-state index in [1.807, 2.05) is 24.4 Å². The zero-order chi connectivity index (χ0) is 23.7. The number of Topliss-reactive ketones (excluding diaryl/α,β-unsaturated/α-hetero) is 1. The van der Waals surface area contributed by atoms with Crippen LogP contribution in [-0.4, -0.2) is 45.7 Å². The van der Waals surface area contributed by atoms with Gasteiger partial charge in [-0.1, -0.05) is 18.2 Å². The van der Waals surface area contributed by atoms with E-state index >= 15 is 0 Å². The first-order valence-corrected chi connectivity index (χ1v) is 12.4. The predicted molar refractivity (Wildman–Crippen MR) is 137 cm³/mol. The van der Waals surface area contributed by atoms with E-state index in [-0.39, 0.29) is 5.78 Å². The molecule has 34 heavy (non-hydrogen) atoms. The summed E-state index contributed by atoms with van der Waals surface area (Å²) in [7, 11) is 1.79. The summed E-state index contributed by atoms with van der Waals surface area (Å²) in [6.07, 6.45) is 3.95. The van der Waals surface area contributed by atoms with Crippen LogP contribution < -0.4 is 10.6 Å². The average Bonchev–Trinajstić information content (AvgIpc) is 3.41. The van der Waals surface area contributed by atoms with Crippen LogP contribution in [0.15, 0.2) is 42.6 Å². The lowest BCUT2D eigenvalue weighted by Crippen LogP contribution is -2.20. The maximum Gasteiger partial charge on any atom is 0.153 e. The molecule has 1 aliphatic carbocycles. The Morgan fingerprint density at radius 2 is 2.03 bits per heavy atom. The Bertz CT molecular complexity index is 1340. The van der Waals surface area contributed by atoms with E-state index in [1.54, 1.807) is 18.4 Å². The highest BCUT2D eigenvalue weighted by Crippen LogP contribution is 2.43. The molecule has 5 rings (SSSR count). The third kappa shape index (κ3) is 4.15. The van der Waals surface area contributed by atoms with Crippen molar-refractivity contribution in [3.8, 4) is 27.5 Å². The number of anilines is 1. The van der Waals surface area contributed by atoms with Crippen LogP contribution in [0.2, 0.25) is 0 Å². The van der Waals surface area contributed by atoms with E-state index in [9.17, 15) is 4.79 Å². The first-order chi connectivity index (χ1) is 16.6. The summed E-state index contributed by atoms with van der Waals surface area (Å²) < 4.78 is 2.06. The summed E-state index contributed by atoms with van der Waals surface area (Å²) in [6.45, 7) is 5.35. The minimum absolute atomic E-state index is 0.147. The van der Waals surface area contributed by atoms with Gasteiger partial charge in [-0.15, -0.1) is 11.3 Å². The maximum atomic E-state index is 12.2. The number of ketones is 1. The van der Waals surface area contributed by atoms with Crippen LogP contribution in [0.4, 0.5) is 5.82 Å². The smallest absolute Gasteiger partial charge is 0.153 e. The highest BCUT2D eigenvalue weighted by Gasteiger charge is 2.30. The molecule has 0 saturated carbocycles. The monoisotopic (exact) mass is 472 g/mol. The lowest BCUT2D eigenvalue weighted by molar-refractivity contribution is -0.117. The van der Waals surface area contributed by atoms with Gasteiger partial charge in [0.05, 0.1) is 40.6 Å². The number of carbonyl (C=O) groups excluding carboxylic acids is 1. The van der Waals surface area contributed by atoms with E-state index in [1.165, 1.54) is 5.56 Å². The number of benzene rings is 1. The summed E-state index contributed by atoms with van der Waals surface area (Å²) in [5, 5.41) is 12.2. The van der Waals surface area contributed by atoms with Crippen LogP contribution in [0.3, 0.4) is 0 Å². The molecule has 0 bridgehead atoms. The number of aromatic nitrogens is 4. The van der Waals surface area contributed by atoms with Gasteiger partial charge < -0.3 is 10.6 Å². The summed E-state index contributed by atoms with van der Waals surface area (Å²) in [6, 6.07) is 12.4. The molecule has 174 valence electrons. The fourth-order valence-corrected chi connectivity index (χ4v) is 5.65. The number of fused-ring (bicyclic) bond motifs is 3. The van der Waals surface area contributed by atoms with Gasteiger partial charge in [-0.3, -0.25) is 4.79 Å². The number of nitrogens with one attached hydrogen (secondary N) is 2. The molecule has 0 aliphatic heterocycles. The molecule has 2 N–H and O–H groups in total. The molecule has 3 heterocycles. The predicted octanol–water partition coefficient (Wildman–Crippen LogP) is 4.23. The normalized spacial score (nSPS) is 12.3. The van der Waals surface area contributed by atoms with E-state index in [4.69, 9.17) is 10.1 Å². The molecule has 0 amide bonds. The molecule has 3 aromatic heterocycles. The van der Waals surface area contributed by atoms with Gasteiger partial charge in [0.2, 0.25) is 0 Å². The van der Waals surface area contributed by atoms with Crippen molar-refractivity contribution in [3.63, 3.8) is 0 Å². The topological polar surface area (TPSA) is 84.7 Å².